The van der Waals surface area contributed by atoms with Gasteiger partial charge in [-0.2, -0.15) is 0 Å². The highest BCUT2D eigenvalue weighted by Crippen LogP contribution is 2.35. The Hall–Kier alpha value is -2.68. The molecule has 1 aromatic carbocycles. The Bertz CT molecular complexity index is 782. The Morgan fingerprint density at radius 3 is 1.97 bits per heavy atom. The maximum Gasteiger partial charge on any atom is 0.328 e. The lowest BCUT2D eigenvalue weighted by molar-refractivity contribution is -0.134. The van der Waals surface area contributed by atoms with Crippen molar-refractivity contribution in [2.45, 2.75) is 52.1 Å². The molecule has 5 N–H and O–H groups in total. The van der Waals surface area contributed by atoms with Crippen LogP contribution in [0.15, 0.2) is 53.9 Å². The van der Waals surface area contributed by atoms with Gasteiger partial charge in [-0.3, -0.25) is 0 Å². The molecule has 0 saturated heterocycles. The first kappa shape index (κ1) is 29.3. The van der Waals surface area contributed by atoms with Crippen molar-refractivity contribution in [3.8, 4) is 5.75 Å². The number of nitrogens with two attached hydrogens (primary N) is 1. The number of carboxylic acid groups (broad SMARTS) is 2. The zero-order chi connectivity index (χ0) is 24.5. The minimum Gasteiger partial charge on any atom is -0.496 e. The van der Waals surface area contributed by atoms with Crippen molar-refractivity contribution in [1.82, 2.24) is 5.32 Å². The molecule has 0 aliphatic carbocycles. The third-order valence-electron chi connectivity index (χ3n) is 3.89. The molecule has 7 nitrogen and oxygen atoms in total. The number of hydrogen-bond donors (Lipinski definition) is 4. The van der Waals surface area contributed by atoms with Crippen LogP contribution in [0.2, 0.25) is 0 Å². The van der Waals surface area contributed by atoms with Crippen LogP contribution in [0.3, 0.4) is 0 Å². The van der Waals surface area contributed by atoms with Crippen LogP contribution in [0.4, 0.5) is 0 Å². The number of benzene rings is 1. The molecule has 0 aliphatic heterocycles. The van der Waals surface area contributed by atoms with Crippen LogP contribution in [-0.4, -0.2) is 47.9 Å². The first-order chi connectivity index (χ1) is 15.1. The maximum absolute atomic E-state index is 9.55. The minimum atomic E-state index is -1.26. The van der Waals surface area contributed by atoms with E-state index < -0.39 is 11.9 Å². The molecule has 32 heavy (non-hydrogen) atoms. The van der Waals surface area contributed by atoms with Crippen molar-refractivity contribution in [3.05, 3.63) is 64.4 Å². The maximum atomic E-state index is 9.55. The molecule has 1 atom stereocenters. The van der Waals surface area contributed by atoms with E-state index in [2.05, 4.69) is 62.7 Å². The van der Waals surface area contributed by atoms with Gasteiger partial charge in [0.15, 0.2) is 0 Å². The Kier molecular flexibility index (Phi) is 15.5. The number of para-hydroxylation sites is 1. The molecule has 0 amide bonds. The molecule has 1 unspecified atom stereocenters. The van der Waals surface area contributed by atoms with Crippen molar-refractivity contribution < 1.29 is 24.5 Å². The van der Waals surface area contributed by atoms with Gasteiger partial charge in [0.05, 0.1) is 7.11 Å². The molecule has 1 aromatic heterocycles. The SMILES string of the molecule is CC(C)NC(C)C.COc1ccccc1C(CCN)c1cccs1.O=C(O)/C=C/C(=O)O. The third kappa shape index (κ3) is 13.6. The van der Waals surface area contributed by atoms with E-state index in [1.54, 1.807) is 18.4 Å². The number of ether oxygens (including phenoxy) is 1. The molecule has 0 fully saturated rings. The summed E-state index contributed by atoms with van der Waals surface area (Å²) in [6.45, 7) is 9.29. The molecule has 0 saturated carbocycles. The fourth-order valence-electron chi connectivity index (χ4n) is 2.87. The summed E-state index contributed by atoms with van der Waals surface area (Å²) in [6, 6.07) is 13.7. The van der Waals surface area contributed by atoms with Gasteiger partial charge in [-0.25, -0.2) is 9.59 Å². The number of nitrogens with one attached hydrogen (secondary N) is 1. The summed E-state index contributed by atoms with van der Waals surface area (Å²) < 4.78 is 5.43. The number of methoxy groups -OCH3 is 1. The van der Waals surface area contributed by atoms with Crippen molar-refractivity contribution >= 4 is 23.3 Å². The number of hydrogen-bond acceptors (Lipinski definition) is 6. The van der Waals surface area contributed by atoms with Crippen LogP contribution in [0.1, 0.15) is 50.5 Å². The van der Waals surface area contributed by atoms with Crippen LogP contribution in [0.5, 0.6) is 5.75 Å². The molecular formula is C24H36N2O5S. The number of thiophene rings is 1. The zero-order valence-electron chi connectivity index (χ0n) is 19.4. The second-order valence-electron chi connectivity index (χ2n) is 7.37. The van der Waals surface area contributed by atoms with E-state index in [1.807, 2.05) is 12.1 Å². The van der Waals surface area contributed by atoms with Gasteiger partial charge in [-0.1, -0.05) is 52.0 Å². The van der Waals surface area contributed by atoms with Crippen molar-refractivity contribution in [1.29, 1.82) is 0 Å². The first-order valence-corrected chi connectivity index (χ1v) is 11.3. The van der Waals surface area contributed by atoms with E-state index in [0.717, 1.165) is 12.2 Å². The van der Waals surface area contributed by atoms with E-state index >= 15 is 0 Å². The fraction of sp³-hybridized carbons (Fsp3) is 0.417. The van der Waals surface area contributed by atoms with Gasteiger partial charge >= 0.3 is 11.9 Å². The lowest BCUT2D eigenvalue weighted by Crippen LogP contribution is -2.29. The first-order valence-electron chi connectivity index (χ1n) is 10.4. The fourth-order valence-corrected chi connectivity index (χ4v) is 3.75. The molecule has 0 aliphatic rings. The molecule has 178 valence electrons. The summed E-state index contributed by atoms with van der Waals surface area (Å²) in [5.41, 5.74) is 6.95. The summed E-state index contributed by atoms with van der Waals surface area (Å²) in [7, 11) is 1.72. The Morgan fingerprint density at radius 2 is 1.59 bits per heavy atom. The van der Waals surface area contributed by atoms with Gasteiger partial charge in [0.25, 0.3) is 0 Å². The molecule has 2 aromatic rings. The minimum absolute atomic E-state index is 0.344. The van der Waals surface area contributed by atoms with Crippen LogP contribution < -0.4 is 15.8 Å². The highest BCUT2D eigenvalue weighted by molar-refractivity contribution is 7.10. The lowest BCUT2D eigenvalue weighted by Gasteiger charge is -2.18. The number of rotatable bonds is 9. The van der Waals surface area contributed by atoms with Crippen LogP contribution >= 0.6 is 11.3 Å². The lowest BCUT2D eigenvalue weighted by atomic mass is 9.93. The zero-order valence-corrected chi connectivity index (χ0v) is 20.3. The molecule has 0 bridgehead atoms. The normalized spacial score (nSPS) is 11.4. The van der Waals surface area contributed by atoms with Gasteiger partial charge in [0.2, 0.25) is 0 Å². The predicted octanol–water partition coefficient (Wildman–Crippen LogP) is 4.34. The Morgan fingerprint density at radius 1 is 1.03 bits per heavy atom. The van der Waals surface area contributed by atoms with Gasteiger partial charge in [0.1, 0.15) is 5.75 Å². The summed E-state index contributed by atoms with van der Waals surface area (Å²) in [5.74, 6) is -1.23. The van der Waals surface area contributed by atoms with Gasteiger partial charge in [0, 0.05) is 40.6 Å². The quantitative estimate of drug-likeness (QED) is 0.407. The standard InChI is InChI=1S/C14H17NOS.C6H15N.C4H4O4/c1-16-13-6-3-2-5-11(13)12(8-9-15)14-7-4-10-17-14;1-5(2)7-6(3)4;5-3(6)1-2-4(7)8/h2-7,10,12H,8-9,15H2,1H3;5-7H,1-4H3;1-2H,(H,5,6)(H,7,8)/b;;2-1+. The highest BCUT2D eigenvalue weighted by atomic mass is 32.1. The van der Waals surface area contributed by atoms with E-state index in [0.29, 0.717) is 36.7 Å². The van der Waals surface area contributed by atoms with Gasteiger partial charge < -0.3 is 26.0 Å². The van der Waals surface area contributed by atoms with E-state index in [1.165, 1.54) is 10.4 Å². The van der Waals surface area contributed by atoms with Crippen LogP contribution in [0, 0.1) is 0 Å². The summed E-state index contributed by atoms with van der Waals surface area (Å²) >= 11 is 1.77. The van der Waals surface area contributed by atoms with Gasteiger partial charge in [-0.05, 0) is 30.5 Å². The molecular weight excluding hydrogens is 428 g/mol. The second-order valence-corrected chi connectivity index (χ2v) is 8.35. The molecule has 0 radical (unpaired) electrons. The van der Waals surface area contributed by atoms with Crippen molar-refractivity contribution in [2.24, 2.45) is 5.73 Å². The summed E-state index contributed by atoms with van der Waals surface area (Å²) in [5, 5.41) is 21.0. The van der Waals surface area contributed by atoms with E-state index in [4.69, 9.17) is 20.7 Å². The largest absolute Gasteiger partial charge is 0.496 e. The Labute approximate surface area is 194 Å². The molecule has 2 rings (SSSR count). The number of carbonyl (C=O) groups is 2. The van der Waals surface area contributed by atoms with E-state index in [-0.39, 0.29) is 0 Å². The topological polar surface area (TPSA) is 122 Å². The second kappa shape index (κ2) is 16.9. The Balaban J connectivity index is 0.000000537. The molecule has 1 heterocycles. The summed E-state index contributed by atoms with van der Waals surface area (Å²) in [6.07, 6.45) is 2.06. The number of carboxylic acids is 2. The third-order valence-corrected chi connectivity index (χ3v) is 4.88. The van der Waals surface area contributed by atoms with Crippen molar-refractivity contribution in [3.63, 3.8) is 0 Å². The smallest absolute Gasteiger partial charge is 0.328 e. The monoisotopic (exact) mass is 464 g/mol. The molecule has 0 spiro atoms. The summed E-state index contributed by atoms with van der Waals surface area (Å²) in [4.78, 5) is 20.5. The van der Waals surface area contributed by atoms with Gasteiger partial charge in [-0.15, -0.1) is 11.3 Å². The van der Waals surface area contributed by atoms with Crippen molar-refractivity contribution in [2.75, 3.05) is 13.7 Å². The highest BCUT2D eigenvalue weighted by Gasteiger charge is 2.17. The predicted molar refractivity (Wildman–Crippen MR) is 131 cm³/mol. The number of aliphatic carboxylic acids is 2. The van der Waals surface area contributed by atoms with E-state index in [9.17, 15) is 9.59 Å². The molecule has 8 heteroatoms. The average molecular weight is 465 g/mol. The average Bonchev–Trinajstić information content (AvgIpc) is 3.25. The van der Waals surface area contributed by atoms with Crippen LogP contribution in [-0.2, 0) is 9.59 Å². The van der Waals surface area contributed by atoms with Crippen LogP contribution in [0.25, 0.3) is 0 Å².